The van der Waals surface area contributed by atoms with Gasteiger partial charge in [-0.05, 0) is 12.1 Å². The van der Waals surface area contributed by atoms with Crippen molar-refractivity contribution in [1.82, 2.24) is 0 Å². The highest BCUT2D eigenvalue weighted by molar-refractivity contribution is 9.10. The Balaban J connectivity index is 2.39. The van der Waals surface area contributed by atoms with Gasteiger partial charge in [-0.1, -0.05) is 15.9 Å². The first-order valence-electron chi connectivity index (χ1n) is 5.52. The molecule has 1 N–H and O–H groups in total. The van der Waals surface area contributed by atoms with E-state index in [9.17, 15) is 15.2 Å². The summed E-state index contributed by atoms with van der Waals surface area (Å²) in [6, 6.07) is 4.68. The van der Waals surface area contributed by atoms with Crippen LogP contribution >= 0.6 is 15.9 Å². The SMILES string of the molecule is O=[N+]([O-])c1cc(Br)ccc1N1CCOCC1CO. The highest BCUT2D eigenvalue weighted by Crippen LogP contribution is 2.33. The summed E-state index contributed by atoms with van der Waals surface area (Å²) in [5, 5.41) is 20.4. The normalized spacial score (nSPS) is 19.9. The van der Waals surface area contributed by atoms with E-state index in [1.54, 1.807) is 12.1 Å². The standard InChI is InChI=1S/C11H13BrN2O4/c12-8-1-2-10(11(5-8)14(16)17)13-3-4-18-7-9(13)6-15/h1-2,5,9,15H,3-4,6-7H2. The van der Waals surface area contributed by atoms with Crippen molar-refractivity contribution >= 4 is 27.3 Å². The van der Waals surface area contributed by atoms with Crippen LogP contribution in [0.5, 0.6) is 0 Å². The molecule has 18 heavy (non-hydrogen) atoms. The number of ether oxygens (including phenoxy) is 1. The fourth-order valence-electron chi connectivity index (χ4n) is 2.01. The third-order valence-corrected chi connectivity index (χ3v) is 3.38. The van der Waals surface area contributed by atoms with Crippen LogP contribution in [-0.2, 0) is 4.74 Å². The first kappa shape index (κ1) is 13.3. The van der Waals surface area contributed by atoms with Crippen LogP contribution in [0.25, 0.3) is 0 Å². The van der Waals surface area contributed by atoms with Crippen molar-refractivity contribution in [2.45, 2.75) is 6.04 Å². The van der Waals surface area contributed by atoms with E-state index in [-0.39, 0.29) is 18.3 Å². The lowest BCUT2D eigenvalue weighted by Gasteiger charge is -2.35. The minimum atomic E-state index is -0.413. The number of aliphatic hydroxyl groups is 1. The Bertz CT molecular complexity index is 455. The molecule has 1 atom stereocenters. The molecule has 1 unspecified atom stereocenters. The zero-order valence-corrected chi connectivity index (χ0v) is 11.2. The van der Waals surface area contributed by atoms with Crippen LogP contribution in [0.3, 0.4) is 0 Å². The van der Waals surface area contributed by atoms with Gasteiger partial charge in [0, 0.05) is 17.1 Å². The van der Waals surface area contributed by atoms with Gasteiger partial charge in [-0.25, -0.2) is 0 Å². The largest absolute Gasteiger partial charge is 0.394 e. The van der Waals surface area contributed by atoms with Crippen LogP contribution in [0.15, 0.2) is 22.7 Å². The molecule has 0 aromatic heterocycles. The van der Waals surface area contributed by atoms with E-state index < -0.39 is 4.92 Å². The lowest BCUT2D eigenvalue weighted by Crippen LogP contribution is -2.47. The number of hydrogen-bond acceptors (Lipinski definition) is 5. The van der Waals surface area contributed by atoms with Gasteiger partial charge in [-0.15, -0.1) is 0 Å². The smallest absolute Gasteiger partial charge is 0.293 e. The molecule has 0 amide bonds. The molecule has 1 aliphatic heterocycles. The van der Waals surface area contributed by atoms with E-state index in [0.29, 0.717) is 29.9 Å². The van der Waals surface area contributed by atoms with Gasteiger partial charge in [0.1, 0.15) is 5.69 Å². The van der Waals surface area contributed by atoms with E-state index in [2.05, 4.69) is 15.9 Å². The number of nitrogens with zero attached hydrogens (tertiary/aromatic N) is 2. The summed E-state index contributed by atoms with van der Waals surface area (Å²) in [5.41, 5.74) is 0.551. The van der Waals surface area contributed by atoms with Gasteiger partial charge in [0.25, 0.3) is 5.69 Å². The molecular weight excluding hydrogens is 304 g/mol. The Labute approximate surface area is 112 Å². The van der Waals surface area contributed by atoms with E-state index in [0.717, 1.165) is 0 Å². The minimum absolute atomic E-state index is 0.0322. The van der Waals surface area contributed by atoms with Crippen LogP contribution in [0, 0.1) is 10.1 Å². The average Bonchev–Trinajstić information content (AvgIpc) is 2.38. The third-order valence-electron chi connectivity index (χ3n) is 2.88. The predicted molar refractivity (Wildman–Crippen MR) is 69.8 cm³/mol. The molecule has 0 aliphatic carbocycles. The molecule has 0 saturated carbocycles. The molecule has 1 fully saturated rings. The highest BCUT2D eigenvalue weighted by atomic mass is 79.9. The molecule has 7 heteroatoms. The summed E-state index contributed by atoms with van der Waals surface area (Å²) < 4.78 is 5.93. The fraction of sp³-hybridized carbons (Fsp3) is 0.455. The van der Waals surface area contributed by atoms with E-state index in [4.69, 9.17) is 4.74 Å². The highest BCUT2D eigenvalue weighted by Gasteiger charge is 2.28. The second-order valence-electron chi connectivity index (χ2n) is 3.99. The van der Waals surface area contributed by atoms with Crippen LogP contribution in [-0.4, -0.2) is 42.4 Å². The number of aliphatic hydroxyl groups excluding tert-OH is 1. The maximum atomic E-state index is 11.1. The number of morpholine rings is 1. The minimum Gasteiger partial charge on any atom is -0.394 e. The summed E-state index contributed by atoms with van der Waals surface area (Å²) in [7, 11) is 0. The maximum absolute atomic E-state index is 11.1. The van der Waals surface area contributed by atoms with Crippen LogP contribution in [0.2, 0.25) is 0 Å². The Morgan fingerprint density at radius 1 is 1.61 bits per heavy atom. The zero-order chi connectivity index (χ0) is 13.1. The second-order valence-corrected chi connectivity index (χ2v) is 4.91. The molecule has 1 aromatic carbocycles. The van der Waals surface area contributed by atoms with Gasteiger partial charge in [0.15, 0.2) is 0 Å². The summed E-state index contributed by atoms with van der Waals surface area (Å²) in [6.07, 6.45) is 0. The molecule has 1 aliphatic rings. The lowest BCUT2D eigenvalue weighted by molar-refractivity contribution is -0.384. The molecule has 1 aromatic rings. The number of anilines is 1. The topological polar surface area (TPSA) is 75.8 Å². The molecular formula is C11H13BrN2O4. The average molecular weight is 317 g/mol. The molecule has 6 nitrogen and oxygen atoms in total. The van der Waals surface area contributed by atoms with Gasteiger partial charge in [0.2, 0.25) is 0 Å². The quantitative estimate of drug-likeness (QED) is 0.676. The summed E-state index contributed by atoms with van der Waals surface area (Å²) >= 11 is 3.22. The molecule has 0 bridgehead atoms. The number of benzene rings is 1. The predicted octanol–water partition coefficient (Wildman–Crippen LogP) is 1.55. The summed E-state index contributed by atoms with van der Waals surface area (Å²) in [4.78, 5) is 12.5. The van der Waals surface area contributed by atoms with Gasteiger partial charge >= 0.3 is 0 Å². The van der Waals surface area contributed by atoms with Crippen molar-refractivity contribution in [3.05, 3.63) is 32.8 Å². The first-order valence-corrected chi connectivity index (χ1v) is 6.32. The summed E-state index contributed by atoms with van der Waals surface area (Å²) in [5.74, 6) is 0. The Kier molecular flexibility index (Phi) is 4.15. The second kappa shape index (κ2) is 5.64. The van der Waals surface area contributed by atoms with Gasteiger partial charge in [-0.3, -0.25) is 10.1 Å². The third kappa shape index (κ3) is 2.63. The van der Waals surface area contributed by atoms with Crippen molar-refractivity contribution in [3.63, 3.8) is 0 Å². The number of rotatable bonds is 3. The van der Waals surface area contributed by atoms with Crippen molar-refractivity contribution in [3.8, 4) is 0 Å². The molecule has 2 rings (SSSR count). The number of hydrogen-bond donors (Lipinski definition) is 1. The van der Waals surface area contributed by atoms with Gasteiger partial charge in [0.05, 0.1) is 30.8 Å². The van der Waals surface area contributed by atoms with Gasteiger partial charge < -0.3 is 14.7 Å². The first-order chi connectivity index (χ1) is 8.63. The Hall–Kier alpha value is -1.18. The van der Waals surface area contributed by atoms with Crippen molar-refractivity contribution in [2.75, 3.05) is 31.3 Å². The lowest BCUT2D eigenvalue weighted by atomic mass is 10.1. The molecule has 0 spiro atoms. The van der Waals surface area contributed by atoms with Crippen LogP contribution in [0.1, 0.15) is 0 Å². The van der Waals surface area contributed by atoms with Crippen molar-refractivity contribution < 1.29 is 14.8 Å². The number of nitro benzene ring substituents is 1. The molecule has 1 saturated heterocycles. The number of nitro groups is 1. The molecule has 1 heterocycles. The van der Waals surface area contributed by atoms with Crippen LogP contribution in [0.4, 0.5) is 11.4 Å². The number of halogens is 1. The monoisotopic (exact) mass is 316 g/mol. The fourth-order valence-corrected chi connectivity index (χ4v) is 2.36. The van der Waals surface area contributed by atoms with Crippen LogP contribution < -0.4 is 4.90 Å². The van der Waals surface area contributed by atoms with Crippen molar-refractivity contribution in [2.24, 2.45) is 0 Å². The Morgan fingerprint density at radius 2 is 2.39 bits per heavy atom. The molecule has 98 valence electrons. The van der Waals surface area contributed by atoms with Crippen molar-refractivity contribution in [1.29, 1.82) is 0 Å². The van der Waals surface area contributed by atoms with Gasteiger partial charge in [-0.2, -0.15) is 0 Å². The van der Waals surface area contributed by atoms with E-state index in [1.165, 1.54) is 6.07 Å². The molecule has 0 radical (unpaired) electrons. The summed E-state index contributed by atoms with van der Waals surface area (Å²) in [6.45, 7) is 1.33. The zero-order valence-electron chi connectivity index (χ0n) is 9.58. The Morgan fingerprint density at radius 3 is 3.06 bits per heavy atom. The van der Waals surface area contributed by atoms with E-state index in [1.807, 2.05) is 4.90 Å². The van der Waals surface area contributed by atoms with E-state index >= 15 is 0 Å². The maximum Gasteiger partial charge on any atom is 0.293 e.